The van der Waals surface area contributed by atoms with Gasteiger partial charge >= 0.3 is 0 Å². The molecule has 1 aromatic carbocycles. The molecular weight excluding hydrogens is 1020 g/mol. The van der Waals surface area contributed by atoms with Gasteiger partial charge in [-0.15, -0.1) is 0 Å². The van der Waals surface area contributed by atoms with E-state index in [1.54, 1.807) is 0 Å². The van der Waals surface area contributed by atoms with Crippen molar-refractivity contribution in [2.24, 2.45) is 0 Å². The molecule has 4 atom stereocenters. The van der Waals surface area contributed by atoms with Crippen LogP contribution in [-0.4, -0.2) is 90.4 Å². The van der Waals surface area contributed by atoms with Crippen molar-refractivity contribution < 1.29 is 19.2 Å². The first kappa shape index (κ1) is 37.0. The number of hydrogen-bond acceptors (Lipinski definition) is 4. The molecule has 0 aromatic heterocycles. The number of benzene rings is 1. The van der Waals surface area contributed by atoms with Gasteiger partial charge in [0.15, 0.2) is 0 Å². The first-order valence-corrected chi connectivity index (χ1v) is 19.2. The minimum absolute atomic E-state index is 0.0156. The van der Waals surface area contributed by atoms with Crippen molar-refractivity contribution in [3.63, 3.8) is 0 Å². The van der Waals surface area contributed by atoms with Gasteiger partial charge in [0.1, 0.15) is 0 Å². The molecule has 38 heavy (non-hydrogen) atoms. The molecule has 0 fully saturated rings. The molecule has 0 saturated carbocycles. The van der Waals surface area contributed by atoms with Crippen molar-refractivity contribution in [1.82, 2.24) is 21.3 Å². The molecule has 1 rings (SSSR count). The van der Waals surface area contributed by atoms with E-state index in [-0.39, 0.29) is 67.7 Å². The van der Waals surface area contributed by atoms with Crippen LogP contribution in [0.5, 0.6) is 0 Å². The first-order chi connectivity index (χ1) is 18.0. The second-order valence-electron chi connectivity index (χ2n) is 7.79. The molecular formula is C22H26Br8N4O4. The Hall–Kier alpha value is 0.940. The SMILES string of the molecule is O=C(NCC(Br)CBr)c1cc(C(=O)NCC(Br)CBr)c(C(=O)NCC(Br)CBr)cc1C(=O)NCC(Br)CBr. The fraction of sp³-hybridized carbons (Fsp3) is 0.545. The van der Waals surface area contributed by atoms with Gasteiger partial charge in [-0.05, 0) is 12.1 Å². The molecule has 4 amide bonds. The number of carbonyl (C=O) groups is 4. The highest BCUT2D eigenvalue weighted by Gasteiger charge is 2.27. The molecule has 4 N–H and O–H groups in total. The molecule has 16 heteroatoms. The maximum atomic E-state index is 13.2. The molecule has 0 aliphatic rings. The van der Waals surface area contributed by atoms with E-state index >= 15 is 0 Å². The summed E-state index contributed by atoms with van der Waals surface area (Å²) in [5.41, 5.74) is -0.0624. The van der Waals surface area contributed by atoms with Gasteiger partial charge in [-0.3, -0.25) is 19.2 Å². The van der Waals surface area contributed by atoms with Crippen molar-refractivity contribution in [1.29, 1.82) is 0 Å². The van der Waals surface area contributed by atoms with Crippen molar-refractivity contribution in [3.05, 3.63) is 34.4 Å². The third-order valence-electron chi connectivity index (χ3n) is 4.74. The number of amides is 4. The summed E-state index contributed by atoms with van der Waals surface area (Å²) in [5, 5.41) is 13.5. The summed E-state index contributed by atoms with van der Waals surface area (Å²) in [5.74, 6) is -2.18. The second kappa shape index (κ2) is 20.0. The van der Waals surface area contributed by atoms with Gasteiger partial charge in [0, 0.05) is 66.8 Å². The summed E-state index contributed by atoms with van der Waals surface area (Å²) < 4.78 is 0. The quantitative estimate of drug-likeness (QED) is 0.170. The third kappa shape index (κ3) is 12.8. The molecule has 1 aromatic rings. The average molecular weight is 1050 g/mol. The van der Waals surface area contributed by atoms with Crippen LogP contribution in [0.15, 0.2) is 12.1 Å². The van der Waals surface area contributed by atoms with Gasteiger partial charge in [0.25, 0.3) is 23.6 Å². The fourth-order valence-electron chi connectivity index (χ4n) is 2.76. The van der Waals surface area contributed by atoms with Crippen LogP contribution in [0.3, 0.4) is 0 Å². The van der Waals surface area contributed by atoms with Crippen molar-refractivity contribution in [2.75, 3.05) is 47.5 Å². The Balaban J connectivity index is 3.58. The summed E-state index contributed by atoms with van der Waals surface area (Å²) in [6.45, 7) is 1.10. The predicted octanol–water partition coefficient (Wildman–Crippen LogP) is 5.24. The molecule has 0 heterocycles. The summed E-state index contributed by atoms with van der Waals surface area (Å²) in [4.78, 5) is 52.6. The minimum atomic E-state index is -0.545. The molecule has 8 nitrogen and oxygen atoms in total. The van der Waals surface area contributed by atoms with Crippen LogP contribution in [0.2, 0.25) is 0 Å². The Morgan fingerprint density at radius 1 is 0.474 bits per heavy atom. The summed E-state index contributed by atoms with van der Waals surface area (Å²) in [6, 6.07) is 2.60. The number of rotatable bonds is 16. The standard InChI is InChI=1S/C22H26Br8N4O4/c23-3-11(27)7-31-19(35)15-1-16(20(36)32-8-12(28)4-24)18(22(38)34-10-14(30)6-26)2-17(15)21(37)33-9-13(29)5-25/h1-2,11-14H,3-10H2,(H,31,35)(H,32,36)(H,33,37)(H,34,38). The van der Waals surface area contributed by atoms with Crippen molar-refractivity contribution >= 4 is 151 Å². The monoisotopic (exact) mass is 1040 g/mol. The molecule has 4 unspecified atom stereocenters. The van der Waals surface area contributed by atoms with Crippen molar-refractivity contribution in [2.45, 2.75) is 19.3 Å². The maximum Gasteiger partial charge on any atom is 0.252 e. The molecule has 0 saturated heterocycles. The van der Waals surface area contributed by atoms with E-state index in [4.69, 9.17) is 0 Å². The van der Waals surface area contributed by atoms with Crippen LogP contribution in [0.1, 0.15) is 41.4 Å². The summed E-state index contributed by atoms with van der Waals surface area (Å²) >= 11 is 27.1. The number of alkyl halides is 8. The zero-order valence-corrected chi connectivity index (χ0v) is 32.5. The van der Waals surface area contributed by atoms with Gasteiger partial charge < -0.3 is 21.3 Å². The zero-order valence-electron chi connectivity index (χ0n) is 19.8. The topological polar surface area (TPSA) is 116 Å². The van der Waals surface area contributed by atoms with E-state index < -0.39 is 23.6 Å². The number of nitrogens with one attached hydrogen (secondary N) is 4. The van der Waals surface area contributed by atoms with E-state index in [0.717, 1.165) is 0 Å². The van der Waals surface area contributed by atoms with Crippen LogP contribution in [-0.2, 0) is 0 Å². The highest BCUT2D eigenvalue weighted by molar-refractivity contribution is 9.13. The van der Waals surface area contributed by atoms with E-state index in [0.29, 0.717) is 21.3 Å². The molecule has 214 valence electrons. The van der Waals surface area contributed by atoms with E-state index in [2.05, 4.69) is 149 Å². The molecule has 0 bridgehead atoms. The lowest BCUT2D eigenvalue weighted by Gasteiger charge is -2.18. The Morgan fingerprint density at radius 3 is 0.816 bits per heavy atom. The molecule has 0 radical (unpaired) electrons. The number of carbonyl (C=O) groups excluding carboxylic acids is 4. The smallest absolute Gasteiger partial charge is 0.252 e. The highest BCUT2D eigenvalue weighted by Crippen LogP contribution is 2.20. The van der Waals surface area contributed by atoms with Gasteiger partial charge in [-0.25, -0.2) is 0 Å². The van der Waals surface area contributed by atoms with Gasteiger partial charge in [-0.2, -0.15) is 0 Å². The van der Waals surface area contributed by atoms with E-state index in [1.165, 1.54) is 12.1 Å². The summed E-state index contributed by atoms with van der Waals surface area (Å²) in [6.07, 6.45) is 0. The Morgan fingerprint density at radius 2 is 0.658 bits per heavy atom. The number of hydrogen-bond donors (Lipinski definition) is 4. The van der Waals surface area contributed by atoms with Crippen LogP contribution < -0.4 is 21.3 Å². The largest absolute Gasteiger partial charge is 0.351 e. The minimum Gasteiger partial charge on any atom is -0.351 e. The Labute approximate surface area is 289 Å². The van der Waals surface area contributed by atoms with Gasteiger partial charge in [0.2, 0.25) is 0 Å². The van der Waals surface area contributed by atoms with E-state index in [9.17, 15) is 19.2 Å². The van der Waals surface area contributed by atoms with Gasteiger partial charge in [-0.1, -0.05) is 127 Å². The van der Waals surface area contributed by atoms with E-state index in [1.807, 2.05) is 0 Å². The maximum absolute atomic E-state index is 13.2. The highest BCUT2D eigenvalue weighted by atomic mass is 79.9. The lowest BCUT2D eigenvalue weighted by Crippen LogP contribution is -2.37. The lowest BCUT2D eigenvalue weighted by atomic mass is 9.95. The van der Waals surface area contributed by atoms with Crippen LogP contribution in [0, 0.1) is 0 Å². The Bertz CT molecular complexity index is 825. The zero-order chi connectivity index (χ0) is 28.8. The van der Waals surface area contributed by atoms with Crippen LogP contribution in [0.4, 0.5) is 0 Å². The predicted molar refractivity (Wildman–Crippen MR) is 182 cm³/mol. The molecule has 0 spiro atoms. The van der Waals surface area contributed by atoms with Crippen LogP contribution >= 0.6 is 127 Å². The molecule has 0 aliphatic carbocycles. The van der Waals surface area contributed by atoms with Gasteiger partial charge in [0.05, 0.1) is 22.3 Å². The average Bonchev–Trinajstić information content (AvgIpc) is 2.94. The van der Waals surface area contributed by atoms with Crippen molar-refractivity contribution in [3.8, 4) is 0 Å². The fourth-order valence-corrected chi connectivity index (χ4v) is 4.33. The molecule has 0 aliphatic heterocycles. The summed E-state index contributed by atoms with van der Waals surface area (Å²) in [7, 11) is 0. The second-order valence-corrected chi connectivity index (χ2v) is 15.6. The number of halogens is 8. The van der Waals surface area contributed by atoms with Crippen LogP contribution in [0.25, 0.3) is 0 Å². The third-order valence-corrected chi connectivity index (χ3v) is 13.9. The lowest BCUT2D eigenvalue weighted by molar-refractivity contribution is 0.0909. The normalized spacial score (nSPS) is 14.1. The first-order valence-electron chi connectivity index (χ1n) is 11.1. The Kier molecular flexibility index (Phi) is 19.4.